The molecule has 27 heavy (non-hydrogen) atoms. The van der Waals surface area contributed by atoms with Crippen molar-refractivity contribution in [1.29, 1.82) is 0 Å². The van der Waals surface area contributed by atoms with Crippen molar-refractivity contribution in [3.63, 3.8) is 0 Å². The Morgan fingerprint density at radius 3 is 2.63 bits per heavy atom. The van der Waals surface area contributed by atoms with Crippen molar-refractivity contribution in [2.75, 3.05) is 0 Å². The summed E-state index contributed by atoms with van der Waals surface area (Å²) in [5.74, 6) is 1.31. The van der Waals surface area contributed by atoms with E-state index in [0.717, 1.165) is 49.3 Å². The maximum absolute atomic E-state index is 6.07. The van der Waals surface area contributed by atoms with Crippen molar-refractivity contribution in [2.45, 2.75) is 0 Å². The van der Waals surface area contributed by atoms with Crippen molar-refractivity contribution in [2.24, 2.45) is 0 Å². The van der Waals surface area contributed by atoms with Crippen LogP contribution in [0.1, 0.15) is 0 Å². The number of aromatic amines is 1. The molecule has 6 heteroatoms. The molecule has 0 saturated carbocycles. The van der Waals surface area contributed by atoms with Gasteiger partial charge in [0, 0.05) is 5.56 Å². The lowest BCUT2D eigenvalue weighted by atomic mass is 10.1. The van der Waals surface area contributed by atoms with Crippen molar-refractivity contribution >= 4 is 43.7 Å². The van der Waals surface area contributed by atoms with E-state index in [2.05, 4.69) is 15.5 Å². The molecule has 3 aromatic carbocycles. The third kappa shape index (κ3) is 2.20. The lowest BCUT2D eigenvalue weighted by Gasteiger charge is -2.05. The van der Waals surface area contributed by atoms with Crippen LogP contribution in [0, 0.1) is 5.51 Å². The summed E-state index contributed by atoms with van der Waals surface area (Å²) < 4.78 is 7.10. The number of benzene rings is 3. The van der Waals surface area contributed by atoms with Crippen molar-refractivity contribution in [1.82, 2.24) is 19.9 Å². The second-order valence-corrected chi connectivity index (χ2v) is 7.06. The quantitative estimate of drug-likeness (QED) is 0.442. The van der Waals surface area contributed by atoms with Gasteiger partial charge < -0.3 is 9.40 Å². The predicted molar refractivity (Wildman–Crippen MR) is 107 cm³/mol. The molecule has 6 aromatic rings. The summed E-state index contributed by atoms with van der Waals surface area (Å²) in [5, 5.41) is 0. The molecule has 0 aliphatic carbocycles. The molecule has 0 atom stereocenters. The first-order valence-electron chi connectivity index (χ1n) is 8.47. The lowest BCUT2D eigenvalue weighted by molar-refractivity contribution is 0.620. The molecule has 0 saturated heterocycles. The van der Waals surface area contributed by atoms with Gasteiger partial charge in [-0.25, -0.2) is 15.0 Å². The van der Waals surface area contributed by atoms with Gasteiger partial charge in [-0.1, -0.05) is 24.3 Å². The first kappa shape index (κ1) is 14.6. The van der Waals surface area contributed by atoms with Crippen molar-refractivity contribution in [3.05, 3.63) is 66.2 Å². The molecule has 3 heterocycles. The number of imidazole rings is 1. The molecular weight excluding hydrogens is 356 g/mol. The summed E-state index contributed by atoms with van der Waals surface area (Å²) in [5.41, 5.74) is 9.02. The Hall–Kier alpha value is -3.51. The number of fused-ring (bicyclic) bond motifs is 3. The summed E-state index contributed by atoms with van der Waals surface area (Å²) >= 11 is 1.48. The van der Waals surface area contributed by atoms with Gasteiger partial charge in [-0.2, -0.15) is 0 Å². The van der Waals surface area contributed by atoms with Gasteiger partial charge in [-0.3, -0.25) is 0 Å². The van der Waals surface area contributed by atoms with E-state index in [9.17, 15) is 0 Å². The van der Waals surface area contributed by atoms with Crippen molar-refractivity contribution in [3.8, 4) is 22.8 Å². The van der Waals surface area contributed by atoms with E-state index in [1.54, 1.807) is 0 Å². The zero-order valence-corrected chi connectivity index (χ0v) is 14.7. The third-order valence-corrected chi connectivity index (χ3v) is 5.34. The number of aromatic nitrogens is 4. The highest BCUT2D eigenvalue weighted by Gasteiger charge is 2.20. The van der Waals surface area contributed by atoms with E-state index >= 15 is 0 Å². The van der Waals surface area contributed by atoms with E-state index in [1.807, 2.05) is 60.7 Å². The average Bonchev–Trinajstić information content (AvgIpc) is 3.43. The van der Waals surface area contributed by atoms with Crippen LogP contribution in [0.3, 0.4) is 0 Å². The molecule has 0 amide bonds. The van der Waals surface area contributed by atoms with Crippen LogP contribution in [0.2, 0.25) is 0 Å². The Kier molecular flexibility index (Phi) is 2.98. The van der Waals surface area contributed by atoms with Crippen molar-refractivity contribution < 1.29 is 4.42 Å². The third-order valence-electron chi connectivity index (χ3n) is 4.61. The number of hydrogen-bond acceptors (Lipinski definition) is 5. The molecule has 0 fully saturated rings. The molecule has 3 aromatic heterocycles. The monoisotopic (exact) mass is 367 g/mol. The summed E-state index contributed by atoms with van der Waals surface area (Å²) in [6.45, 7) is 0. The highest BCUT2D eigenvalue weighted by Crippen LogP contribution is 2.38. The number of thiazole rings is 1. The summed E-state index contributed by atoms with van der Waals surface area (Å²) in [4.78, 5) is 17.3. The molecule has 0 unspecified atom stereocenters. The number of rotatable bonds is 2. The maximum atomic E-state index is 6.07. The van der Waals surface area contributed by atoms with Crippen LogP contribution in [0.15, 0.2) is 65.1 Å². The number of nitrogens with zero attached hydrogens (tertiary/aromatic N) is 3. The molecule has 0 aliphatic heterocycles. The van der Waals surface area contributed by atoms with Crippen LogP contribution < -0.4 is 0 Å². The number of oxazole rings is 1. The van der Waals surface area contributed by atoms with Gasteiger partial charge in [0.15, 0.2) is 11.1 Å². The fourth-order valence-electron chi connectivity index (χ4n) is 3.36. The molecular formula is C21H11N4OS. The van der Waals surface area contributed by atoms with Crippen LogP contribution in [0.4, 0.5) is 0 Å². The van der Waals surface area contributed by atoms with E-state index in [4.69, 9.17) is 14.4 Å². The molecule has 0 aliphatic rings. The Morgan fingerprint density at radius 1 is 0.889 bits per heavy atom. The molecule has 0 spiro atoms. The first-order valence-corrected chi connectivity index (χ1v) is 9.29. The smallest absolute Gasteiger partial charge is 0.230 e. The average molecular weight is 367 g/mol. The molecule has 5 nitrogen and oxygen atoms in total. The standard InChI is InChI=1S/C21H11N4OS/c1-2-6-14-13(5-1)23-20(24-14)12-9-10-17-19(22-11-27-17)18(12)21-25-15-7-3-4-8-16(15)26-21/h1-10H,(H,23,24). The molecule has 1 radical (unpaired) electrons. The summed E-state index contributed by atoms with van der Waals surface area (Å²) in [7, 11) is 0. The van der Waals surface area contributed by atoms with Gasteiger partial charge in [-0.15, -0.1) is 11.3 Å². The van der Waals surface area contributed by atoms with Gasteiger partial charge in [-0.05, 0) is 36.4 Å². The highest BCUT2D eigenvalue weighted by atomic mass is 32.1. The maximum Gasteiger partial charge on any atom is 0.230 e. The molecule has 1 N–H and O–H groups in total. The minimum absolute atomic E-state index is 0.538. The summed E-state index contributed by atoms with van der Waals surface area (Å²) in [6.07, 6.45) is 0. The van der Waals surface area contributed by atoms with Gasteiger partial charge in [0.1, 0.15) is 11.3 Å². The largest absolute Gasteiger partial charge is 0.436 e. The van der Waals surface area contributed by atoms with E-state index in [0.29, 0.717) is 5.89 Å². The van der Waals surface area contributed by atoms with E-state index in [-0.39, 0.29) is 0 Å². The fraction of sp³-hybridized carbons (Fsp3) is 0. The predicted octanol–water partition coefficient (Wildman–Crippen LogP) is 5.45. The molecule has 0 bridgehead atoms. The van der Waals surface area contributed by atoms with E-state index in [1.165, 1.54) is 11.3 Å². The van der Waals surface area contributed by atoms with Gasteiger partial charge >= 0.3 is 0 Å². The Balaban J connectivity index is 1.68. The fourth-order valence-corrected chi connectivity index (χ4v) is 3.97. The second kappa shape index (κ2) is 5.49. The topological polar surface area (TPSA) is 67.6 Å². The zero-order chi connectivity index (χ0) is 17.8. The minimum atomic E-state index is 0.538. The minimum Gasteiger partial charge on any atom is -0.436 e. The highest BCUT2D eigenvalue weighted by molar-refractivity contribution is 7.16. The first-order chi connectivity index (χ1) is 13.4. The molecule has 6 rings (SSSR count). The van der Waals surface area contributed by atoms with Crippen LogP contribution in [0.25, 0.3) is 55.2 Å². The number of H-pyrrole nitrogens is 1. The van der Waals surface area contributed by atoms with Gasteiger partial charge in [0.05, 0.1) is 26.8 Å². The SMILES string of the molecule is [c]1nc2c(-c3nc4ccccc4o3)c(-c3nc4ccccc4[nH]3)ccc2s1. The van der Waals surface area contributed by atoms with E-state index < -0.39 is 0 Å². The van der Waals surface area contributed by atoms with Crippen LogP contribution in [0.5, 0.6) is 0 Å². The number of hydrogen-bond donors (Lipinski definition) is 1. The Morgan fingerprint density at radius 2 is 1.74 bits per heavy atom. The number of nitrogens with one attached hydrogen (secondary N) is 1. The second-order valence-electron chi connectivity index (χ2n) is 6.23. The van der Waals surface area contributed by atoms with Gasteiger partial charge in [0.2, 0.25) is 5.89 Å². The normalized spacial score (nSPS) is 11.7. The zero-order valence-electron chi connectivity index (χ0n) is 13.9. The van der Waals surface area contributed by atoms with Crippen LogP contribution in [-0.4, -0.2) is 19.9 Å². The number of para-hydroxylation sites is 4. The van der Waals surface area contributed by atoms with Gasteiger partial charge in [0.25, 0.3) is 0 Å². The lowest BCUT2D eigenvalue weighted by Crippen LogP contribution is -1.89. The Labute approximate surface area is 157 Å². The van der Waals surface area contributed by atoms with Crippen LogP contribution in [-0.2, 0) is 0 Å². The van der Waals surface area contributed by atoms with Crippen LogP contribution >= 0.6 is 11.3 Å². The Bertz CT molecular complexity index is 1380. The summed E-state index contributed by atoms with van der Waals surface area (Å²) in [6, 6.07) is 19.8. The molecule has 127 valence electrons.